The molecule has 1 aliphatic heterocycles. The van der Waals surface area contributed by atoms with Gasteiger partial charge in [-0.3, -0.25) is 4.79 Å². The highest BCUT2D eigenvalue weighted by Crippen LogP contribution is 2.19. The summed E-state index contributed by atoms with van der Waals surface area (Å²) in [5, 5.41) is 8.97. The molecular weight excluding hydrogens is 336 g/mol. The molecule has 0 aromatic heterocycles. The van der Waals surface area contributed by atoms with Crippen LogP contribution in [0.25, 0.3) is 0 Å². The maximum atomic E-state index is 12.3. The third-order valence-corrected chi connectivity index (χ3v) is 4.30. The molecule has 0 radical (unpaired) electrons. The molecule has 0 unspecified atom stereocenters. The van der Waals surface area contributed by atoms with Gasteiger partial charge in [0.25, 0.3) is 0 Å². The van der Waals surface area contributed by atoms with Crippen LogP contribution >= 0.6 is 15.9 Å². The number of likely N-dealkylation sites (tertiary alicyclic amines) is 1. The Morgan fingerprint density at radius 3 is 2.38 bits per heavy atom. The lowest BCUT2D eigenvalue weighted by molar-refractivity contribution is -0.143. The molecule has 1 aromatic rings. The van der Waals surface area contributed by atoms with Gasteiger partial charge in [0.1, 0.15) is 0 Å². The van der Waals surface area contributed by atoms with Crippen LogP contribution in [0.2, 0.25) is 0 Å². The molecule has 1 aromatic carbocycles. The molecule has 0 saturated carbocycles. The predicted molar refractivity (Wildman–Crippen MR) is 82.9 cm³/mol. The highest BCUT2D eigenvalue weighted by Gasteiger charge is 2.28. The Hall–Kier alpha value is -1.56. The molecule has 1 saturated heterocycles. The van der Waals surface area contributed by atoms with Gasteiger partial charge in [0.2, 0.25) is 0 Å². The van der Waals surface area contributed by atoms with Gasteiger partial charge in [-0.05, 0) is 30.5 Å². The molecule has 0 atom stereocenters. The molecule has 1 heterocycles. The van der Waals surface area contributed by atoms with Gasteiger partial charge in [0, 0.05) is 31.2 Å². The van der Waals surface area contributed by atoms with Gasteiger partial charge in [-0.1, -0.05) is 28.1 Å². The van der Waals surface area contributed by atoms with Gasteiger partial charge in [-0.25, -0.2) is 4.79 Å². The number of carbonyl (C=O) groups excluding carboxylic acids is 1. The predicted octanol–water partition coefficient (Wildman–Crippen LogP) is 2.80. The standard InChI is InChI=1S/C15H19BrN2O3/c1-17(10-11-2-4-13(16)5-3-11)15(21)18-8-6-12(7-9-18)14(19)20/h2-5,12H,6-10H2,1H3,(H,19,20). The summed E-state index contributed by atoms with van der Waals surface area (Å²) in [6.45, 7) is 1.58. The van der Waals surface area contributed by atoms with Gasteiger partial charge in [0.15, 0.2) is 0 Å². The van der Waals surface area contributed by atoms with E-state index < -0.39 is 5.97 Å². The lowest BCUT2D eigenvalue weighted by Gasteiger charge is -2.33. The second kappa shape index (κ2) is 6.93. The van der Waals surface area contributed by atoms with E-state index in [1.165, 1.54) is 0 Å². The Morgan fingerprint density at radius 1 is 1.29 bits per heavy atom. The molecule has 0 spiro atoms. The second-order valence-corrected chi connectivity index (χ2v) is 6.28. The van der Waals surface area contributed by atoms with Crippen LogP contribution in [-0.2, 0) is 11.3 Å². The van der Waals surface area contributed by atoms with Crippen molar-refractivity contribution in [1.29, 1.82) is 0 Å². The summed E-state index contributed by atoms with van der Waals surface area (Å²) in [7, 11) is 1.77. The van der Waals surface area contributed by atoms with Crippen LogP contribution in [0.15, 0.2) is 28.7 Å². The van der Waals surface area contributed by atoms with Crippen molar-refractivity contribution in [2.45, 2.75) is 19.4 Å². The SMILES string of the molecule is CN(Cc1ccc(Br)cc1)C(=O)N1CCC(C(=O)O)CC1. The van der Waals surface area contributed by atoms with Crippen molar-refractivity contribution in [1.82, 2.24) is 9.80 Å². The monoisotopic (exact) mass is 354 g/mol. The lowest BCUT2D eigenvalue weighted by Crippen LogP contribution is -2.45. The zero-order valence-corrected chi connectivity index (χ0v) is 13.5. The van der Waals surface area contributed by atoms with Crippen LogP contribution in [0.5, 0.6) is 0 Å². The van der Waals surface area contributed by atoms with Crippen LogP contribution < -0.4 is 0 Å². The number of piperidine rings is 1. The fraction of sp³-hybridized carbons (Fsp3) is 0.467. The summed E-state index contributed by atoms with van der Waals surface area (Å²) in [5.41, 5.74) is 1.06. The highest BCUT2D eigenvalue weighted by atomic mass is 79.9. The summed E-state index contributed by atoms with van der Waals surface area (Å²) in [6, 6.07) is 7.81. The molecule has 114 valence electrons. The van der Waals surface area contributed by atoms with Crippen molar-refractivity contribution >= 4 is 27.9 Å². The average molecular weight is 355 g/mol. The Morgan fingerprint density at radius 2 is 1.86 bits per heavy atom. The molecule has 1 N–H and O–H groups in total. The van der Waals surface area contributed by atoms with Crippen LogP contribution in [0.1, 0.15) is 18.4 Å². The van der Waals surface area contributed by atoms with Gasteiger partial charge in [0.05, 0.1) is 5.92 Å². The van der Waals surface area contributed by atoms with Crippen LogP contribution in [-0.4, -0.2) is 47.0 Å². The maximum absolute atomic E-state index is 12.3. The number of urea groups is 1. The summed E-state index contributed by atoms with van der Waals surface area (Å²) >= 11 is 3.38. The number of rotatable bonds is 3. The zero-order valence-electron chi connectivity index (χ0n) is 12.0. The molecule has 0 bridgehead atoms. The van der Waals surface area contributed by atoms with E-state index in [9.17, 15) is 9.59 Å². The minimum Gasteiger partial charge on any atom is -0.481 e. The molecule has 2 rings (SSSR count). The molecule has 0 aliphatic carbocycles. The first-order valence-electron chi connectivity index (χ1n) is 6.94. The van der Waals surface area contributed by atoms with Crippen molar-refractivity contribution in [3.05, 3.63) is 34.3 Å². The van der Waals surface area contributed by atoms with Crippen molar-refractivity contribution < 1.29 is 14.7 Å². The number of hydrogen-bond donors (Lipinski definition) is 1. The van der Waals surface area contributed by atoms with Crippen LogP contribution in [0.4, 0.5) is 4.79 Å². The van der Waals surface area contributed by atoms with Gasteiger partial charge in [-0.15, -0.1) is 0 Å². The number of nitrogens with zero attached hydrogens (tertiary/aromatic N) is 2. The van der Waals surface area contributed by atoms with E-state index in [-0.39, 0.29) is 11.9 Å². The van der Waals surface area contributed by atoms with Gasteiger partial charge >= 0.3 is 12.0 Å². The molecule has 2 amide bonds. The summed E-state index contributed by atoms with van der Waals surface area (Å²) < 4.78 is 1.01. The van der Waals surface area contributed by atoms with Crippen LogP contribution in [0, 0.1) is 5.92 Å². The normalized spacial score (nSPS) is 15.8. The number of amides is 2. The number of carboxylic acids is 1. The summed E-state index contributed by atoms with van der Waals surface area (Å²) in [6.07, 6.45) is 1.07. The van der Waals surface area contributed by atoms with Crippen molar-refractivity contribution in [3.8, 4) is 0 Å². The quantitative estimate of drug-likeness (QED) is 0.907. The summed E-state index contributed by atoms with van der Waals surface area (Å²) in [5.74, 6) is -1.07. The minimum atomic E-state index is -0.759. The highest BCUT2D eigenvalue weighted by molar-refractivity contribution is 9.10. The van der Waals surface area contributed by atoms with E-state index in [2.05, 4.69) is 15.9 Å². The van der Waals surface area contributed by atoms with E-state index >= 15 is 0 Å². The first-order chi connectivity index (χ1) is 9.97. The number of carbonyl (C=O) groups is 2. The number of aliphatic carboxylic acids is 1. The van der Waals surface area contributed by atoms with Gasteiger partial charge < -0.3 is 14.9 Å². The topological polar surface area (TPSA) is 60.9 Å². The number of benzene rings is 1. The van der Waals surface area contributed by atoms with E-state index in [0.717, 1.165) is 10.0 Å². The molecular formula is C15H19BrN2O3. The number of halogens is 1. The smallest absolute Gasteiger partial charge is 0.320 e. The summed E-state index contributed by atoms with van der Waals surface area (Å²) in [4.78, 5) is 26.7. The van der Waals surface area contributed by atoms with Crippen molar-refractivity contribution in [2.24, 2.45) is 5.92 Å². The Balaban J connectivity index is 1.88. The minimum absolute atomic E-state index is 0.0400. The van der Waals surface area contributed by atoms with E-state index in [4.69, 9.17) is 5.11 Å². The molecule has 1 aliphatic rings. The first kappa shape index (κ1) is 15.8. The second-order valence-electron chi connectivity index (χ2n) is 5.36. The van der Waals surface area contributed by atoms with Gasteiger partial charge in [-0.2, -0.15) is 0 Å². The first-order valence-corrected chi connectivity index (χ1v) is 7.74. The average Bonchev–Trinajstić information content (AvgIpc) is 2.49. The lowest BCUT2D eigenvalue weighted by atomic mass is 9.97. The fourth-order valence-electron chi connectivity index (χ4n) is 2.49. The van der Waals surface area contributed by atoms with Crippen LogP contribution in [0.3, 0.4) is 0 Å². The number of hydrogen-bond acceptors (Lipinski definition) is 2. The Kier molecular flexibility index (Phi) is 5.22. The third kappa shape index (κ3) is 4.20. The Bertz CT molecular complexity index is 510. The number of carboxylic acid groups (broad SMARTS) is 1. The molecule has 6 heteroatoms. The fourth-order valence-corrected chi connectivity index (χ4v) is 2.75. The van der Waals surface area contributed by atoms with Crippen molar-refractivity contribution in [3.63, 3.8) is 0 Å². The molecule has 1 fully saturated rings. The Labute approximate surface area is 132 Å². The van der Waals surface area contributed by atoms with Crippen molar-refractivity contribution in [2.75, 3.05) is 20.1 Å². The maximum Gasteiger partial charge on any atom is 0.320 e. The third-order valence-electron chi connectivity index (χ3n) is 3.77. The molecule has 5 nitrogen and oxygen atoms in total. The zero-order chi connectivity index (χ0) is 15.4. The van der Waals surface area contributed by atoms with E-state index in [1.54, 1.807) is 16.8 Å². The van der Waals surface area contributed by atoms with E-state index in [1.807, 2.05) is 24.3 Å². The molecule has 21 heavy (non-hydrogen) atoms. The van der Waals surface area contributed by atoms with E-state index in [0.29, 0.717) is 32.5 Å². The largest absolute Gasteiger partial charge is 0.481 e.